The Hall–Kier alpha value is -2.04. The largest absolute Gasteiger partial charge is 0.481 e. The number of aliphatic carboxylic acids is 1. The molecule has 5 nitrogen and oxygen atoms in total. The summed E-state index contributed by atoms with van der Waals surface area (Å²) < 4.78 is 0. The van der Waals surface area contributed by atoms with Gasteiger partial charge in [0.15, 0.2) is 0 Å². The number of urea groups is 1. The second-order valence-electron chi connectivity index (χ2n) is 4.40. The number of rotatable bonds is 5. The fourth-order valence-corrected chi connectivity index (χ4v) is 1.45. The Labute approximate surface area is 106 Å². The van der Waals surface area contributed by atoms with E-state index in [4.69, 9.17) is 5.11 Å². The molecule has 0 bridgehead atoms. The summed E-state index contributed by atoms with van der Waals surface area (Å²) in [6, 6.07) is 7.12. The maximum absolute atomic E-state index is 11.5. The maximum atomic E-state index is 11.5. The Morgan fingerprint density at radius 3 is 2.44 bits per heavy atom. The molecular weight excluding hydrogens is 232 g/mol. The van der Waals surface area contributed by atoms with E-state index in [1.54, 1.807) is 6.92 Å². The number of anilines is 1. The summed E-state index contributed by atoms with van der Waals surface area (Å²) in [7, 11) is 0. The lowest BCUT2D eigenvalue weighted by molar-refractivity contribution is -0.137. The number of benzene rings is 1. The van der Waals surface area contributed by atoms with Crippen LogP contribution >= 0.6 is 0 Å². The smallest absolute Gasteiger partial charge is 0.319 e. The molecule has 0 spiro atoms. The average Bonchev–Trinajstić information content (AvgIpc) is 2.29. The van der Waals surface area contributed by atoms with Crippen LogP contribution in [0.2, 0.25) is 0 Å². The Balaban J connectivity index is 2.33. The molecule has 2 amide bonds. The predicted molar refractivity (Wildman–Crippen MR) is 69.6 cm³/mol. The minimum atomic E-state index is -0.858. The van der Waals surface area contributed by atoms with E-state index in [1.165, 1.54) is 0 Å². The number of nitrogens with one attached hydrogen (secondary N) is 2. The third-order valence-electron chi connectivity index (χ3n) is 2.44. The highest BCUT2D eigenvalue weighted by Crippen LogP contribution is 2.08. The topological polar surface area (TPSA) is 78.4 Å². The van der Waals surface area contributed by atoms with E-state index < -0.39 is 5.97 Å². The van der Waals surface area contributed by atoms with Crippen molar-refractivity contribution in [2.45, 2.75) is 20.3 Å². The van der Waals surface area contributed by atoms with Crippen molar-refractivity contribution in [1.29, 1.82) is 0 Å². The van der Waals surface area contributed by atoms with Crippen LogP contribution in [0.1, 0.15) is 18.9 Å². The Morgan fingerprint density at radius 1 is 1.28 bits per heavy atom. The van der Waals surface area contributed by atoms with Gasteiger partial charge in [0, 0.05) is 18.7 Å². The molecule has 0 aliphatic carbocycles. The highest BCUT2D eigenvalue weighted by atomic mass is 16.4. The van der Waals surface area contributed by atoms with Gasteiger partial charge in [0.1, 0.15) is 0 Å². The summed E-state index contributed by atoms with van der Waals surface area (Å²) in [6.07, 6.45) is 0.0464. The molecule has 0 fully saturated rings. The van der Waals surface area contributed by atoms with E-state index in [9.17, 15) is 9.59 Å². The zero-order valence-corrected chi connectivity index (χ0v) is 10.6. The highest BCUT2D eigenvalue weighted by molar-refractivity contribution is 5.89. The van der Waals surface area contributed by atoms with Crippen molar-refractivity contribution in [2.75, 3.05) is 11.9 Å². The minimum Gasteiger partial charge on any atom is -0.481 e. The van der Waals surface area contributed by atoms with Crippen LogP contribution in [0, 0.1) is 12.8 Å². The first kappa shape index (κ1) is 14.0. The van der Waals surface area contributed by atoms with Crippen molar-refractivity contribution in [3.8, 4) is 0 Å². The third kappa shape index (κ3) is 5.34. The van der Waals surface area contributed by atoms with Crippen molar-refractivity contribution in [3.63, 3.8) is 0 Å². The first-order valence-corrected chi connectivity index (χ1v) is 5.80. The van der Waals surface area contributed by atoms with Crippen LogP contribution in [0.3, 0.4) is 0 Å². The third-order valence-corrected chi connectivity index (χ3v) is 2.44. The molecule has 0 saturated carbocycles. The standard InChI is InChI=1S/C13H18N2O3/c1-9-3-5-11(6-4-9)15-13(18)14-8-10(2)7-12(16)17/h3-6,10H,7-8H2,1-2H3,(H,16,17)(H2,14,15,18). The monoisotopic (exact) mass is 250 g/mol. The first-order valence-electron chi connectivity index (χ1n) is 5.80. The van der Waals surface area contributed by atoms with Gasteiger partial charge in [0.05, 0.1) is 0 Å². The normalized spacial score (nSPS) is 11.7. The summed E-state index contributed by atoms with van der Waals surface area (Å²) in [5, 5.41) is 13.9. The summed E-state index contributed by atoms with van der Waals surface area (Å²) in [5.41, 5.74) is 1.83. The molecule has 1 aromatic rings. The molecule has 5 heteroatoms. The molecule has 0 aromatic heterocycles. The second kappa shape index (κ2) is 6.64. The molecule has 18 heavy (non-hydrogen) atoms. The number of amides is 2. The van der Waals surface area contributed by atoms with Gasteiger partial charge in [-0.1, -0.05) is 24.6 Å². The molecule has 1 atom stereocenters. The molecule has 1 unspecified atom stereocenters. The number of aryl methyl sites for hydroxylation is 1. The van der Waals surface area contributed by atoms with Gasteiger partial charge in [-0.05, 0) is 25.0 Å². The lowest BCUT2D eigenvalue weighted by Gasteiger charge is -2.11. The van der Waals surface area contributed by atoms with Crippen molar-refractivity contribution in [2.24, 2.45) is 5.92 Å². The van der Waals surface area contributed by atoms with Gasteiger partial charge in [-0.2, -0.15) is 0 Å². The van der Waals surface area contributed by atoms with Gasteiger partial charge in [0.2, 0.25) is 0 Å². The predicted octanol–water partition coefficient (Wildman–Crippen LogP) is 2.23. The summed E-state index contributed by atoms with van der Waals surface area (Å²) in [6.45, 7) is 4.09. The minimum absolute atomic E-state index is 0.0464. The van der Waals surface area contributed by atoms with E-state index in [2.05, 4.69) is 10.6 Å². The van der Waals surface area contributed by atoms with Gasteiger partial charge in [-0.15, -0.1) is 0 Å². The molecule has 1 aromatic carbocycles. The van der Waals surface area contributed by atoms with Gasteiger partial charge < -0.3 is 15.7 Å². The maximum Gasteiger partial charge on any atom is 0.319 e. The van der Waals surface area contributed by atoms with Crippen LogP contribution in [0.5, 0.6) is 0 Å². The molecule has 1 rings (SSSR count). The molecule has 0 radical (unpaired) electrons. The summed E-state index contributed by atoms with van der Waals surface area (Å²) >= 11 is 0. The van der Waals surface area contributed by atoms with Gasteiger partial charge >= 0.3 is 12.0 Å². The van der Waals surface area contributed by atoms with Crippen LogP contribution in [-0.4, -0.2) is 23.7 Å². The molecule has 0 heterocycles. The Kier molecular flexibility index (Phi) is 5.17. The van der Waals surface area contributed by atoms with Crippen molar-refractivity contribution < 1.29 is 14.7 Å². The average molecular weight is 250 g/mol. The number of hydrogen-bond acceptors (Lipinski definition) is 2. The van der Waals surface area contributed by atoms with E-state index in [1.807, 2.05) is 31.2 Å². The quantitative estimate of drug-likeness (QED) is 0.749. The lowest BCUT2D eigenvalue weighted by atomic mass is 10.1. The number of carbonyl (C=O) groups is 2. The van der Waals surface area contributed by atoms with Crippen LogP contribution in [0.15, 0.2) is 24.3 Å². The first-order chi connectivity index (χ1) is 8.47. The Bertz CT molecular complexity index is 415. The molecule has 98 valence electrons. The highest BCUT2D eigenvalue weighted by Gasteiger charge is 2.09. The fraction of sp³-hybridized carbons (Fsp3) is 0.385. The zero-order chi connectivity index (χ0) is 13.5. The van der Waals surface area contributed by atoms with Crippen LogP contribution in [0.25, 0.3) is 0 Å². The van der Waals surface area contributed by atoms with Gasteiger partial charge in [-0.3, -0.25) is 4.79 Å². The van der Waals surface area contributed by atoms with Crippen molar-refractivity contribution in [3.05, 3.63) is 29.8 Å². The molecule has 3 N–H and O–H groups in total. The molecule has 0 aliphatic rings. The number of carboxylic acid groups (broad SMARTS) is 1. The van der Waals surface area contributed by atoms with E-state index in [0.717, 1.165) is 5.56 Å². The summed E-state index contributed by atoms with van der Waals surface area (Å²) in [5.74, 6) is -0.950. The molecule has 0 saturated heterocycles. The van der Waals surface area contributed by atoms with Crippen LogP contribution in [0.4, 0.5) is 10.5 Å². The van der Waals surface area contributed by atoms with E-state index >= 15 is 0 Å². The number of hydrogen-bond donors (Lipinski definition) is 3. The zero-order valence-electron chi connectivity index (χ0n) is 10.6. The summed E-state index contributed by atoms with van der Waals surface area (Å²) in [4.78, 5) is 22.0. The number of carboxylic acids is 1. The van der Waals surface area contributed by atoms with Gasteiger partial charge in [-0.25, -0.2) is 4.79 Å². The molecule has 0 aliphatic heterocycles. The lowest BCUT2D eigenvalue weighted by Crippen LogP contribution is -2.32. The SMILES string of the molecule is Cc1ccc(NC(=O)NCC(C)CC(=O)O)cc1. The van der Waals surface area contributed by atoms with E-state index in [-0.39, 0.29) is 18.4 Å². The Morgan fingerprint density at radius 2 is 1.89 bits per heavy atom. The second-order valence-corrected chi connectivity index (χ2v) is 4.40. The molecular formula is C13H18N2O3. The van der Waals surface area contributed by atoms with Crippen molar-refractivity contribution in [1.82, 2.24) is 5.32 Å². The van der Waals surface area contributed by atoms with Crippen LogP contribution < -0.4 is 10.6 Å². The van der Waals surface area contributed by atoms with E-state index in [0.29, 0.717) is 12.2 Å². The van der Waals surface area contributed by atoms with Gasteiger partial charge in [0.25, 0.3) is 0 Å². The number of carbonyl (C=O) groups excluding carboxylic acids is 1. The fourth-order valence-electron chi connectivity index (χ4n) is 1.45. The van der Waals surface area contributed by atoms with Crippen LogP contribution in [-0.2, 0) is 4.79 Å². The van der Waals surface area contributed by atoms with Crippen molar-refractivity contribution >= 4 is 17.7 Å².